The number of nitrogens with zero attached hydrogens (tertiary/aromatic N) is 4. The van der Waals surface area contributed by atoms with Gasteiger partial charge in [0.25, 0.3) is 11.8 Å². The van der Waals surface area contributed by atoms with E-state index in [2.05, 4.69) is 27.5 Å². The number of hydrogen-bond donors (Lipinski definition) is 1. The van der Waals surface area contributed by atoms with E-state index in [0.29, 0.717) is 31.0 Å². The van der Waals surface area contributed by atoms with E-state index in [9.17, 15) is 9.59 Å². The van der Waals surface area contributed by atoms with Crippen LogP contribution in [0.15, 0.2) is 71.6 Å². The first-order valence-electron chi connectivity index (χ1n) is 12.3. The van der Waals surface area contributed by atoms with Gasteiger partial charge in [0.15, 0.2) is 17.1 Å². The summed E-state index contributed by atoms with van der Waals surface area (Å²) in [6.45, 7) is 3.62. The number of amides is 2. The fraction of sp³-hybridized carbons (Fsp3) is 0.333. The number of likely N-dealkylation sites (tertiary alicyclic amines) is 1. The van der Waals surface area contributed by atoms with Crippen LogP contribution < -0.4 is 5.32 Å². The smallest absolute Gasteiger partial charge is 0.287 e. The van der Waals surface area contributed by atoms with Crippen molar-refractivity contribution in [3.63, 3.8) is 0 Å². The first-order valence-corrected chi connectivity index (χ1v) is 12.3. The van der Waals surface area contributed by atoms with Gasteiger partial charge < -0.3 is 19.4 Å². The van der Waals surface area contributed by atoms with Crippen molar-refractivity contribution in [1.29, 1.82) is 0 Å². The van der Waals surface area contributed by atoms with Gasteiger partial charge in [0.2, 0.25) is 0 Å². The van der Waals surface area contributed by atoms with Crippen LogP contribution in [0.5, 0.6) is 0 Å². The number of benzene rings is 1. The lowest BCUT2D eigenvalue weighted by Gasteiger charge is -2.44. The van der Waals surface area contributed by atoms with Crippen molar-refractivity contribution in [1.82, 2.24) is 24.8 Å². The molecule has 1 aliphatic heterocycles. The summed E-state index contributed by atoms with van der Waals surface area (Å²) in [5.41, 5.74) is 2.96. The van der Waals surface area contributed by atoms with Crippen molar-refractivity contribution in [2.75, 3.05) is 19.7 Å². The van der Waals surface area contributed by atoms with Crippen LogP contribution in [0.1, 0.15) is 58.0 Å². The van der Waals surface area contributed by atoms with Crippen LogP contribution in [0.3, 0.4) is 0 Å². The van der Waals surface area contributed by atoms with Crippen molar-refractivity contribution >= 4 is 17.5 Å². The summed E-state index contributed by atoms with van der Waals surface area (Å²) in [6, 6.07) is 14.8. The van der Waals surface area contributed by atoms with Gasteiger partial charge in [0, 0.05) is 43.6 Å². The number of furan rings is 1. The molecule has 1 saturated heterocycles. The predicted octanol–water partition coefficient (Wildman–Crippen LogP) is 3.39. The van der Waals surface area contributed by atoms with E-state index in [-0.39, 0.29) is 35.1 Å². The van der Waals surface area contributed by atoms with E-state index in [1.165, 1.54) is 11.8 Å². The quantitative estimate of drug-likeness (QED) is 0.465. The molecule has 3 aromatic heterocycles. The fourth-order valence-corrected chi connectivity index (χ4v) is 5.83. The molecule has 9 nitrogen and oxygen atoms in total. The zero-order valence-corrected chi connectivity index (χ0v) is 20.0. The van der Waals surface area contributed by atoms with E-state index in [4.69, 9.17) is 9.15 Å². The van der Waals surface area contributed by atoms with Crippen LogP contribution in [0.4, 0.5) is 0 Å². The first-order chi connectivity index (χ1) is 17.6. The third-order valence-corrected chi connectivity index (χ3v) is 7.46. The summed E-state index contributed by atoms with van der Waals surface area (Å²) in [7, 11) is 0. The number of aromatic nitrogens is 3. The average Bonchev–Trinajstić information content (AvgIpc) is 3.65. The lowest BCUT2D eigenvalue weighted by molar-refractivity contribution is -0.0307. The maximum atomic E-state index is 13.3. The van der Waals surface area contributed by atoms with Crippen LogP contribution in [0.2, 0.25) is 0 Å². The zero-order chi connectivity index (χ0) is 24.7. The maximum absolute atomic E-state index is 13.3. The third-order valence-electron chi connectivity index (χ3n) is 7.46. The van der Waals surface area contributed by atoms with E-state index in [0.717, 1.165) is 18.4 Å². The van der Waals surface area contributed by atoms with Crippen LogP contribution >= 0.6 is 0 Å². The molecule has 4 aromatic rings. The number of piperidine rings is 1. The standard InChI is InChI=1S/C27H27N5O4/c1-2-35-24-23(29-25(33)21-9-5-16-36-21)18-7-3-4-8-19(18)27(24)10-14-31(15-11-27)26(34)20-17-22-28-12-6-13-32(22)30-20/h3-9,12-13,16-17,23-24H,2,10-11,14-15H2,1H3,(H,29,33)/t23-,24+/m0/s1. The fourth-order valence-electron chi connectivity index (χ4n) is 5.83. The van der Waals surface area contributed by atoms with Gasteiger partial charge in [-0.25, -0.2) is 9.50 Å². The van der Waals surface area contributed by atoms with Crippen molar-refractivity contribution in [3.05, 3.63) is 89.8 Å². The van der Waals surface area contributed by atoms with Crippen molar-refractivity contribution in [3.8, 4) is 0 Å². The van der Waals surface area contributed by atoms with Gasteiger partial charge in [-0.1, -0.05) is 24.3 Å². The van der Waals surface area contributed by atoms with Crippen molar-refractivity contribution < 1.29 is 18.7 Å². The minimum absolute atomic E-state index is 0.0998. The molecule has 9 heteroatoms. The number of carbonyl (C=O) groups is 2. The third kappa shape index (κ3) is 3.58. The number of carbonyl (C=O) groups excluding carboxylic acids is 2. The molecule has 0 bridgehead atoms. The van der Waals surface area contributed by atoms with E-state index < -0.39 is 0 Å². The Hall–Kier alpha value is -3.98. The summed E-state index contributed by atoms with van der Waals surface area (Å²) in [6.07, 6.45) is 6.14. The van der Waals surface area contributed by atoms with Crippen LogP contribution in [0.25, 0.3) is 5.65 Å². The number of ether oxygens (including phenoxy) is 1. The molecular weight excluding hydrogens is 458 g/mol. The SMILES string of the molecule is CCO[C@@H]1[C@@H](NC(=O)c2ccco2)c2ccccc2C12CCN(C(=O)c1cc3ncccn3n1)CC2. The van der Waals surface area contributed by atoms with Crippen molar-refractivity contribution in [2.24, 2.45) is 0 Å². The molecule has 2 aliphatic rings. The second-order valence-corrected chi connectivity index (χ2v) is 9.29. The van der Waals surface area contributed by atoms with Gasteiger partial charge >= 0.3 is 0 Å². The van der Waals surface area contributed by atoms with E-state index >= 15 is 0 Å². The van der Waals surface area contributed by atoms with Gasteiger partial charge in [0.05, 0.1) is 18.4 Å². The monoisotopic (exact) mass is 485 g/mol. The van der Waals surface area contributed by atoms with Gasteiger partial charge in [-0.15, -0.1) is 0 Å². The van der Waals surface area contributed by atoms with E-state index in [1.54, 1.807) is 41.2 Å². The molecule has 1 aliphatic carbocycles. The topological polar surface area (TPSA) is 102 Å². The van der Waals surface area contributed by atoms with Crippen LogP contribution in [-0.2, 0) is 10.2 Å². The van der Waals surface area contributed by atoms with Gasteiger partial charge in [0.1, 0.15) is 0 Å². The Morgan fingerprint density at radius 2 is 2.00 bits per heavy atom. The molecule has 0 unspecified atom stereocenters. The molecule has 0 saturated carbocycles. The largest absolute Gasteiger partial charge is 0.459 e. The zero-order valence-electron chi connectivity index (χ0n) is 20.0. The van der Waals surface area contributed by atoms with Crippen molar-refractivity contribution in [2.45, 2.75) is 37.3 Å². The second-order valence-electron chi connectivity index (χ2n) is 9.29. The summed E-state index contributed by atoms with van der Waals surface area (Å²) < 4.78 is 13.3. The lowest BCUT2D eigenvalue weighted by atomic mass is 9.71. The highest BCUT2D eigenvalue weighted by atomic mass is 16.5. The van der Waals surface area contributed by atoms with Crippen LogP contribution in [0, 0.1) is 0 Å². The molecule has 184 valence electrons. The molecular formula is C27H27N5O4. The normalized spacial score (nSPS) is 20.5. The Kier molecular flexibility index (Phi) is 5.56. The minimum Gasteiger partial charge on any atom is -0.459 e. The van der Waals surface area contributed by atoms with Gasteiger partial charge in [-0.2, -0.15) is 5.10 Å². The Balaban J connectivity index is 1.27. The second kappa shape index (κ2) is 8.91. The molecule has 2 amide bonds. The highest BCUT2D eigenvalue weighted by molar-refractivity contribution is 5.93. The molecule has 0 radical (unpaired) electrons. The molecule has 4 heterocycles. The number of hydrogen-bond acceptors (Lipinski definition) is 6. The highest BCUT2D eigenvalue weighted by Gasteiger charge is 2.54. The number of fused-ring (bicyclic) bond motifs is 3. The van der Waals surface area contributed by atoms with Gasteiger partial charge in [-0.05, 0) is 49.1 Å². The minimum atomic E-state index is -0.315. The molecule has 1 fully saturated rings. The molecule has 1 N–H and O–H groups in total. The van der Waals surface area contributed by atoms with Gasteiger partial charge in [-0.3, -0.25) is 9.59 Å². The summed E-state index contributed by atoms with van der Waals surface area (Å²) in [5.74, 6) is -0.0991. The van der Waals surface area contributed by atoms with Crippen LogP contribution in [-0.4, -0.2) is 57.1 Å². The lowest BCUT2D eigenvalue weighted by Crippen LogP contribution is -2.52. The first kappa shape index (κ1) is 22.5. The number of rotatable bonds is 5. The molecule has 6 rings (SSSR count). The Bertz CT molecular complexity index is 1370. The highest BCUT2D eigenvalue weighted by Crippen LogP contribution is 2.52. The summed E-state index contributed by atoms with van der Waals surface area (Å²) in [4.78, 5) is 32.3. The number of nitrogens with one attached hydrogen (secondary N) is 1. The molecule has 2 atom stereocenters. The van der Waals surface area contributed by atoms with E-state index in [1.807, 2.05) is 24.0 Å². The Labute approximate surface area is 208 Å². The molecule has 1 spiro atoms. The molecule has 1 aromatic carbocycles. The molecule has 36 heavy (non-hydrogen) atoms. The Morgan fingerprint density at radius 3 is 2.75 bits per heavy atom. The Morgan fingerprint density at radius 1 is 1.17 bits per heavy atom. The maximum Gasteiger partial charge on any atom is 0.287 e. The summed E-state index contributed by atoms with van der Waals surface area (Å²) in [5, 5.41) is 7.57. The predicted molar refractivity (Wildman–Crippen MR) is 131 cm³/mol. The summed E-state index contributed by atoms with van der Waals surface area (Å²) >= 11 is 0. The average molecular weight is 486 g/mol.